The van der Waals surface area contributed by atoms with Gasteiger partial charge in [0.1, 0.15) is 5.82 Å². The van der Waals surface area contributed by atoms with Gasteiger partial charge in [-0.15, -0.1) is 0 Å². The van der Waals surface area contributed by atoms with Crippen molar-refractivity contribution in [3.8, 4) is 0 Å². The number of nitrogens with zero attached hydrogens (tertiary/aromatic N) is 2. The maximum Gasteiger partial charge on any atom is 0.162 e. The Labute approximate surface area is 105 Å². The summed E-state index contributed by atoms with van der Waals surface area (Å²) in [5.41, 5.74) is 1.67. The van der Waals surface area contributed by atoms with Crippen molar-refractivity contribution >= 4 is 5.78 Å². The first-order valence-electron chi connectivity index (χ1n) is 5.93. The lowest BCUT2D eigenvalue weighted by Crippen LogP contribution is -2.03. The number of aromatic nitrogens is 2. The molecular formula is C14H15FN2O. The van der Waals surface area contributed by atoms with Crippen molar-refractivity contribution in [3.63, 3.8) is 0 Å². The Bertz CT molecular complexity index is 531. The lowest BCUT2D eigenvalue weighted by atomic mass is 10.1. The summed E-state index contributed by atoms with van der Waals surface area (Å²) in [6.07, 6.45) is 4.92. The Morgan fingerprint density at radius 1 is 1.33 bits per heavy atom. The molecule has 0 atom stereocenters. The van der Waals surface area contributed by atoms with Gasteiger partial charge in [-0.25, -0.2) is 4.39 Å². The van der Waals surface area contributed by atoms with E-state index >= 15 is 0 Å². The smallest absolute Gasteiger partial charge is 0.162 e. The van der Waals surface area contributed by atoms with Gasteiger partial charge in [0.15, 0.2) is 5.78 Å². The molecule has 0 spiro atoms. The third-order valence-corrected chi connectivity index (χ3v) is 2.72. The molecule has 1 aromatic carbocycles. The molecule has 0 fully saturated rings. The fourth-order valence-corrected chi connectivity index (χ4v) is 1.77. The number of Topliss-reactive ketones (excluding diaryl/α,β-unsaturated/α-hetero) is 1. The second-order valence-electron chi connectivity index (χ2n) is 4.31. The number of halogens is 1. The second-order valence-corrected chi connectivity index (χ2v) is 4.31. The highest BCUT2D eigenvalue weighted by Gasteiger charge is 2.05. The van der Waals surface area contributed by atoms with Crippen LogP contribution < -0.4 is 0 Å². The first-order valence-corrected chi connectivity index (χ1v) is 5.93. The third-order valence-electron chi connectivity index (χ3n) is 2.72. The van der Waals surface area contributed by atoms with Gasteiger partial charge < -0.3 is 0 Å². The number of carbonyl (C=O) groups is 1. The SMILES string of the molecule is Cc1cnn(CCCC(=O)c2ccc(F)cc2)c1. The third kappa shape index (κ3) is 3.26. The lowest BCUT2D eigenvalue weighted by Gasteiger charge is -2.02. The van der Waals surface area contributed by atoms with Crippen LogP contribution in [-0.4, -0.2) is 15.6 Å². The molecular weight excluding hydrogens is 231 g/mol. The highest BCUT2D eigenvalue weighted by Crippen LogP contribution is 2.08. The van der Waals surface area contributed by atoms with Crippen LogP contribution in [0.4, 0.5) is 4.39 Å². The van der Waals surface area contributed by atoms with Crippen LogP contribution >= 0.6 is 0 Å². The molecule has 18 heavy (non-hydrogen) atoms. The average molecular weight is 246 g/mol. The zero-order chi connectivity index (χ0) is 13.0. The van der Waals surface area contributed by atoms with Gasteiger partial charge >= 0.3 is 0 Å². The quantitative estimate of drug-likeness (QED) is 0.760. The second kappa shape index (κ2) is 5.58. The molecule has 0 aliphatic heterocycles. The van der Waals surface area contributed by atoms with E-state index in [0.717, 1.165) is 18.5 Å². The van der Waals surface area contributed by atoms with Crippen LogP contribution in [0.25, 0.3) is 0 Å². The van der Waals surface area contributed by atoms with Gasteiger partial charge in [0.2, 0.25) is 0 Å². The minimum atomic E-state index is -0.321. The topological polar surface area (TPSA) is 34.9 Å². The van der Waals surface area contributed by atoms with E-state index < -0.39 is 0 Å². The van der Waals surface area contributed by atoms with Gasteiger partial charge in [0.25, 0.3) is 0 Å². The number of benzene rings is 1. The molecule has 0 unspecified atom stereocenters. The summed E-state index contributed by atoms with van der Waals surface area (Å²) in [5, 5.41) is 4.15. The van der Waals surface area contributed by atoms with Crippen molar-refractivity contribution in [1.29, 1.82) is 0 Å². The number of hydrogen-bond acceptors (Lipinski definition) is 2. The molecule has 94 valence electrons. The van der Waals surface area contributed by atoms with E-state index in [0.29, 0.717) is 12.0 Å². The zero-order valence-electron chi connectivity index (χ0n) is 10.3. The van der Waals surface area contributed by atoms with Crippen LogP contribution in [0.15, 0.2) is 36.7 Å². The summed E-state index contributed by atoms with van der Waals surface area (Å²) in [6.45, 7) is 2.70. The fourth-order valence-electron chi connectivity index (χ4n) is 1.77. The van der Waals surface area contributed by atoms with Gasteiger partial charge in [0, 0.05) is 24.7 Å². The summed E-state index contributed by atoms with van der Waals surface area (Å²) >= 11 is 0. The zero-order valence-corrected chi connectivity index (χ0v) is 10.3. The molecule has 0 radical (unpaired) electrons. The molecule has 0 aliphatic carbocycles. The van der Waals surface area contributed by atoms with Crippen LogP contribution in [0, 0.1) is 12.7 Å². The van der Waals surface area contributed by atoms with E-state index in [1.165, 1.54) is 24.3 Å². The molecule has 0 saturated carbocycles. The van der Waals surface area contributed by atoms with Crippen molar-refractivity contribution in [1.82, 2.24) is 9.78 Å². The average Bonchev–Trinajstić information content (AvgIpc) is 2.76. The maximum absolute atomic E-state index is 12.7. The van der Waals surface area contributed by atoms with Crippen molar-refractivity contribution in [3.05, 3.63) is 53.6 Å². The van der Waals surface area contributed by atoms with Crippen LogP contribution in [-0.2, 0) is 6.54 Å². The summed E-state index contributed by atoms with van der Waals surface area (Å²) in [7, 11) is 0. The number of hydrogen-bond donors (Lipinski definition) is 0. The Morgan fingerprint density at radius 2 is 2.06 bits per heavy atom. The minimum absolute atomic E-state index is 0.0406. The van der Waals surface area contributed by atoms with Gasteiger partial charge in [-0.05, 0) is 43.2 Å². The van der Waals surface area contributed by atoms with Crippen molar-refractivity contribution in [2.45, 2.75) is 26.3 Å². The largest absolute Gasteiger partial charge is 0.294 e. The van der Waals surface area contributed by atoms with Crippen molar-refractivity contribution in [2.75, 3.05) is 0 Å². The highest BCUT2D eigenvalue weighted by molar-refractivity contribution is 5.95. The number of ketones is 1. The Balaban J connectivity index is 1.83. The Hall–Kier alpha value is -1.97. The molecule has 0 bridgehead atoms. The summed E-state index contributed by atoms with van der Waals surface area (Å²) < 4.78 is 14.5. The van der Waals surface area contributed by atoms with E-state index in [-0.39, 0.29) is 11.6 Å². The molecule has 0 N–H and O–H groups in total. The molecule has 2 aromatic rings. The van der Waals surface area contributed by atoms with E-state index in [1.54, 1.807) is 6.20 Å². The normalized spacial score (nSPS) is 10.6. The van der Waals surface area contributed by atoms with Gasteiger partial charge in [-0.1, -0.05) is 0 Å². The van der Waals surface area contributed by atoms with Gasteiger partial charge in [0.05, 0.1) is 6.20 Å². The molecule has 4 heteroatoms. The van der Waals surface area contributed by atoms with E-state index in [1.807, 2.05) is 17.8 Å². The molecule has 2 rings (SSSR count). The lowest BCUT2D eigenvalue weighted by molar-refractivity contribution is 0.0978. The van der Waals surface area contributed by atoms with Gasteiger partial charge in [-0.3, -0.25) is 9.48 Å². The van der Waals surface area contributed by atoms with Crippen LogP contribution in [0.2, 0.25) is 0 Å². The maximum atomic E-state index is 12.7. The molecule has 1 heterocycles. The van der Waals surface area contributed by atoms with Crippen molar-refractivity contribution in [2.24, 2.45) is 0 Å². The first kappa shape index (κ1) is 12.5. The standard InChI is InChI=1S/C14H15FN2O/c1-11-9-16-17(10-11)8-2-3-14(18)12-4-6-13(15)7-5-12/h4-7,9-10H,2-3,8H2,1H3. The van der Waals surface area contributed by atoms with E-state index in [9.17, 15) is 9.18 Å². The molecule has 3 nitrogen and oxygen atoms in total. The number of carbonyl (C=O) groups excluding carboxylic acids is 1. The highest BCUT2D eigenvalue weighted by atomic mass is 19.1. The van der Waals surface area contributed by atoms with Gasteiger partial charge in [-0.2, -0.15) is 5.10 Å². The summed E-state index contributed by atoms with van der Waals surface area (Å²) in [5.74, 6) is -0.280. The van der Waals surface area contributed by atoms with E-state index in [2.05, 4.69) is 5.10 Å². The molecule has 1 aromatic heterocycles. The van der Waals surface area contributed by atoms with Crippen LogP contribution in [0.1, 0.15) is 28.8 Å². The predicted octanol–water partition coefficient (Wildman–Crippen LogP) is 2.99. The summed E-state index contributed by atoms with van der Waals surface area (Å²) in [4.78, 5) is 11.8. The molecule has 0 amide bonds. The minimum Gasteiger partial charge on any atom is -0.294 e. The van der Waals surface area contributed by atoms with E-state index in [4.69, 9.17) is 0 Å². The Morgan fingerprint density at radius 3 is 2.67 bits per heavy atom. The fraction of sp³-hybridized carbons (Fsp3) is 0.286. The monoisotopic (exact) mass is 246 g/mol. The number of rotatable bonds is 5. The Kier molecular flexibility index (Phi) is 3.87. The van der Waals surface area contributed by atoms with Crippen molar-refractivity contribution < 1.29 is 9.18 Å². The van der Waals surface area contributed by atoms with Crippen LogP contribution in [0.5, 0.6) is 0 Å². The molecule has 0 aliphatic rings. The predicted molar refractivity (Wildman–Crippen MR) is 66.9 cm³/mol. The molecule has 0 saturated heterocycles. The first-order chi connectivity index (χ1) is 8.65. The number of aryl methyl sites for hydroxylation is 2. The van der Waals surface area contributed by atoms with Crippen LogP contribution in [0.3, 0.4) is 0 Å². The summed E-state index contributed by atoms with van der Waals surface area (Å²) in [6, 6.07) is 5.67.